The molecule has 4 rings (SSSR count). The monoisotopic (exact) mass is 431 g/mol. The maximum atomic E-state index is 13.0. The van der Waals surface area contributed by atoms with E-state index < -0.39 is 0 Å². The molecule has 0 unspecified atom stereocenters. The van der Waals surface area contributed by atoms with Crippen molar-refractivity contribution in [1.29, 1.82) is 0 Å². The van der Waals surface area contributed by atoms with Crippen LogP contribution in [0.25, 0.3) is 10.2 Å². The van der Waals surface area contributed by atoms with Crippen LogP contribution in [0, 0.1) is 0 Å². The van der Waals surface area contributed by atoms with Crippen LogP contribution in [0.4, 0.5) is 5.13 Å². The van der Waals surface area contributed by atoms with E-state index in [2.05, 4.69) is 15.6 Å². The SMILES string of the molecule is COc1cccc(OC)c1C(=O)N[C@H]1CCC[C@@H]1Nc1nc2ccc(Cl)cc2s1. The number of amides is 1. The Morgan fingerprint density at radius 3 is 2.59 bits per heavy atom. The molecule has 0 spiro atoms. The van der Waals surface area contributed by atoms with E-state index in [9.17, 15) is 4.79 Å². The van der Waals surface area contributed by atoms with Gasteiger partial charge in [-0.15, -0.1) is 0 Å². The van der Waals surface area contributed by atoms with Crippen molar-refractivity contribution >= 4 is 44.2 Å². The zero-order chi connectivity index (χ0) is 20.4. The third-order valence-corrected chi connectivity index (χ3v) is 6.33. The van der Waals surface area contributed by atoms with Gasteiger partial charge >= 0.3 is 0 Å². The van der Waals surface area contributed by atoms with Gasteiger partial charge in [-0.25, -0.2) is 4.98 Å². The fourth-order valence-corrected chi connectivity index (χ4v) is 4.94. The van der Waals surface area contributed by atoms with Gasteiger partial charge in [0.15, 0.2) is 5.13 Å². The summed E-state index contributed by atoms with van der Waals surface area (Å²) in [6.45, 7) is 0. The summed E-state index contributed by atoms with van der Waals surface area (Å²) >= 11 is 7.65. The van der Waals surface area contributed by atoms with E-state index in [-0.39, 0.29) is 18.0 Å². The molecular weight excluding hydrogens is 410 g/mol. The number of hydrogen-bond acceptors (Lipinski definition) is 6. The first-order valence-corrected chi connectivity index (χ1v) is 10.6. The number of fused-ring (bicyclic) bond motifs is 1. The van der Waals surface area contributed by atoms with Gasteiger partial charge in [-0.3, -0.25) is 4.79 Å². The number of carbonyl (C=O) groups excluding carboxylic acids is 1. The smallest absolute Gasteiger partial charge is 0.259 e. The van der Waals surface area contributed by atoms with Crippen molar-refractivity contribution in [2.75, 3.05) is 19.5 Å². The largest absolute Gasteiger partial charge is 0.496 e. The third-order valence-electron chi connectivity index (χ3n) is 5.15. The van der Waals surface area contributed by atoms with E-state index in [4.69, 9.17) is 21.1 Å². The molecule has 6 nitrogen and oxygen atoms in total. The first-order valence-electron chi connectivity index (χ1n) is 9.43. The van der Waals surface area contributed by atoms with Gasteiger partial charge in [0.25, 0.3) is 5.91 Å². The number of halogens is 1. The van der Waals surface area contributed by atoms with E-state index >= 15 is 0 Å². The minimum absolute atomic E-state index is 0.00674. The van der Waals surface area contributed by atoms with Crippen LogP contribution in [-0.2, 0) is 0 Å². The summed E-state index contributed by atoms with van der Waals surface area (Å²) in [6, 6.07) is 11.1. The maximum absolute atomic E-state index is 13.0. The molecule has 2 aromatic carbocycles. The topological polar surface area (TPSA) is 72.5 Å². The van der Waals surface area contributed by atoms with Crippen molar-refractivity contribution in [1.82, 2.24) is 10.3 Å². The number of ether oxygens (including phenoxy) is 2. The van der Waals surface area contributed by atoms with Gasteiger partial charge in [0.2, 0.25) is 0 Å². The molecule has 0 radical (unpaired) electrons. The molecule has 2 atom stereocenters. The lowest BCUT2D eigenvalue weighted by Gasteiger charge is -2.23. The average Bonchev–Trinajstić information content (AvgIpc) is 3.33. The Bertz CT molecular complexity index is 1020. The Morgan fingerprint density at radius 2 is 1.86 bits per heavy atom. The minimum atomic E-state index is -0.200. The van der Waals surface area contributed by atoms with Crippen molar-refractivity contribution in [2.24, 2.45) is 0 Å². The summed E-state index contributed by atoms with van der Waals surface area (Å²) in [7, 11) is 3.09. The van der Waals surface area contributed by atoms with Crippen molar-refractivity contribution in [2.45, 2.75) is 31.3 Å². The molecule has 2 N–H and O–H groups in total. The molecule has 1 heterocycles. The highest BCUT2D eigenvalue weighted by Crippen LogP contribution is 2.32. The summed E-state index contributed by atoms with van der Waals surface area (Å²) in [5.41, 5.74) is 1.33. The second-order valence-electron chi connectivity index (χ2n) is 6.93. The van der Waals surface area contributed by atoms with Crippen molar-refractivity contribution in [3.63, 3.8) is 0 Å². The molecule has 3 aromatic rings. The first-order chi connectivity index (χ1) is 14.1. The summed E-state index contributed by atoms with van der Waals surface area (Å²) < 4.78 is 11.8. The van der Waals surface area contributed by atoms with Crippen LogP contribution < -0.4 is 20.1 Å². The zero-order valence-electron chi connectivity index (χ0n) is 16.2. The van der Waals surface area contributed by atoms with Crippen molar-refractivity contribution in [3.05, 3.63) is 47.0 Å². The highest BCUT2D eigenvalue weighted by molar-refractivity contribution is 7.22. The number of methoxy groups -OCH3 is 2. The van der Waals surface area contributed by atoms with Gasteiger partial charge in [-0.05, 0) is 49.6 Å². The first kappa shape index (κ1) is 19.8. The highest BCUT2D eigenvalue weighted by atomic mass is 35.5. The number of anilines is 1. The number of carbonyl (C=O) groups is 1. The van der Waals surface area contributed by atoms with Gasteiger partial charge in [-0.2, -0.15) is 0 Å². The minimum Gasteiger partial charge on any atom is -0.496 e. The maximum Gasteiger partial charge on any atom is 0.259 e. The molecule has 1 aliphatic rings. The molecule has 29 heavy (non-hydrogen) atoms. The molecular formula is C21H22ClN3O3S. The summed E-state index contributed by atoms with van der Waals surface area (Å²) in [5.74, 6) is 0.786. The number of hydrogen-bond donors (Lipinski definition) is 2. The quantitative estimate of drug-likeness (QED) is 0.590. The molecule has 8 heteroatoms. The summed E-state index contributed by atoms with van der Waals surface area (Å²) in [4.78, 5) is 17.6. The number of aromatic nitrogens is 1. The van der Waals surface area contributed by atoms with Gasteiger partial charge < -0.3 is 20.1 Å². The van der Waals surface area contributed by atoms with E-state index in [1.54, 1.807) is 43.8 Å². The second kappa shape index (κ2) is 8.47. The van der Waals surface area contributed by atoms with Crippen LogP contribution >= 0.6 is 22.9 Å². The Morgan fingerprint density at radius 1 is 1.14 bits per heavy atom. The molecule has 0 bridgehead atoms. The Balaban J connectivity index is 1.51. The molecule has 0 aliphatic heterocycles. The number of nitrogens with one attached hydrogen (secondary N) is 2. The van der Waals surface area contributed by atoms with Crippen LogP contribution in [0.1, 0.15) is 29.6 Å². The number of benzene rings is 2. The summed E-state index contributed by atoms with van der Waals surface area (Å²) in [6.07, 6.45) is 2.89. The lowest BCUT2D eigenvalue weighted by Crippen LogP contribution is -2.43. The Labute approximate surface area is 178 Å². The number of nitrogens with zero attached hydrogens (tertiary/aromatic N) is 1. The van der Waals surface area contributed by atoms with Gasteiger partial charge in [0.1, 0.15) is 17.1 Å². The number of rotatable bonds is 6. The van der Waals surface area contributed by atoms with E-state index in [1.165, 1.54) is 0 Å². The zero-order valence-corrected chi connectivity index (χ0v) is 17.8. The van der Waals surface area contributed by atoms with Crippen LogP contribution in [0.5, 0.6) is 11.5 Å². The van der Waals surface area contributed by atoms with Crippen molar-refractivity contribution < 1.29 is 14.3 Å². The molecule has 1 amide bonds. The third kappa shape index (κ3) is 4.11. The van der Waals surface area contributed by atoms with E-state index in [0.717, 1.165) is 34.6 Å². The van der Waals surface area contributed by atoms with Crippen LogP contribution in [-0.4, -0.2) is 37.2 Å². The lowest BCUT2D eigenvalue weighted by molar-refractivity contribution is 0.0929. The average molecular weight is 432 g/mol. The molecule has 1 saturated carbocycles. The molecule has 1 aromatic heterocycles. The normalized spacial score (nSPS) is 18.6. The Hall–Kier alpha value is -2.51. The summed E-state index contributed by atoms with van der Waals surface area (Å²) in [5, 5.41) is 8.19. The lowest BCUT2D eigenvalue weighted by atomic mass is 10.1. The molecule has 1 fully saturated rings. The molecule has 0 saturated heterocycles. The van der Waals surface area contributed by atoms with Gasteiger partial charge in [-0.1, -0.05) is 29.0 Å². The number of thiazole rings is 1. The van der Waals surface area contributed by atoms with E-state index in [0.29, 0.717) is 22.1 Å². The van der Waals surface area contributed by atoms with E-state index in [1.807, 2.05) is 18.2 Å². The van der Waals surface area contributed by atoms with Crippen LogP contribution in [0.15, 0.2) is 36.4 Å². The van der Waals surface area contributed by atoms with Gasteiger partial charge in [0.05, 0.1) is 24.4 Å². The van der Waals surface area contributed by atoms with Crippen LogP contribution in [0.3, 0.4) is 0 Å². The standard InChI is InChI=1S/C21H22ClN3O3S/c1-27-16-7-4-8-17(28-2)19(16)20(26)23-13-5-3-6-14(13)24-21-25-15-10-9-12(22)11-18(15)29-21/h4,7-11,13-14H,3,5-6H2,1-2H3,(H,23,26)(H,24,25)/t13-,14-/m0/s1. The second-order valence-corrected chi connectivity index (χ2v) is 8.40. The fraction of sp³-hybridized carbons (Fsp3) is 0.333. The fourth-order valence-electron chi connectivity index (χ4n) is 3.74. The molecule has 1 aliphatic carbocycles. The van der Waals surface area contributed by atoms with Crippen LogP contribution in [0.2, 0.25) is 5.02 Å². The van der Waals surface area contributed by atoms with Gasteiger partial charge in [0, 0.05) is 17.1 Å². The Kier molecular flexibility index (Phi) is 5.78. The predicted molar refractivity (Wildman–Crippen MR) is 117 cm³/mol. The highest BCUT2D eigenvalue weighted by Gasteiger charge is 2.31. The van der Waals surface area contributed by atoms with Crippen molar-refractivity contribution in [3.8, 4) is 11.5 Å². The molecule has 152 valence electrons. The predicted octanol–water partition coefficient (Wildman–Crippen LogP) is 4.73.